The number of thiazole rings is 1. The Kier molecular flexibility index (Phi) is 4.92. The van der Waals surface area contributed by atoms with Crippen LogP contribution in [0.15, 0.2) is 48.0 Å². The van der Waals surface area contributed by atoms with Crippen molar-refractivity contribution < 1.29 is 17.9 Å². The second-order valence-electron chi connectivity index (χ2n) is 6.39. The van der Waals surface area contributed by atoms with Gasteiger partial charge in [0, 0.05) is 38.3 Å². The molecule has 0 bridgehead atoms. The number of nitrogens with zero attached hydrogens (tertiary/aromatic N) is 3. The summed E-state index contributed by atoms with van der Waals surface area (Å²) >= 11 is 1.62. The predicted octanol–water partition coefficient (Wildman–Crippen LogP) is 4.52. The number of piperazine rings is 1. The standard InChI is InChI=1S/C19H18F3N3OS/c20-19(21,22)26-16-6-2-1-4-14(16)12-24-8-10-25(11-9-24)15-5-3-7-17-18(15)23-13-27-17/h1-7,13H,8-12H2. The van der Waals surface area contributed by atoms with Crippen LogP contribution in [0.1, 0.15) is 5.56 Å². The van der Waals surface area contributed by atoms with Crippen LogP contribution in [0.4, 0.5) is 18.9 Å². The van der Waals surface area contributed by atoms with Gasteiger partial charge in [0.05, 0.1) is 15.9 Å². The van der Waals surface area contributed by atoms with Gasteiger partial charge in [-0.25, -0.2) is 4.98 Å². The number of ether oxygens (including phenoxy) is 1. The fourth-order valence-electron chi connectivity index (χ4n) is 3.37. The van der Waals surface area contributed by atoms with E-state index in [1.165, 1.54) is 6.07 Å². The lowest BCUT2D eigenvalue weighted by Crippen LogP contribution is -2.46. The zero-order chi connectivity index (χ0) is 18.9. The fourth-order valence-corrected chi connectivity index (χ4v) is 4.07. The lowest BCUT2D eigenvalue weighted by atomic mass is 10.1. The summed E-state index contributed by atoms with van der Waals surface area (Å²) in [6.07, 6.45) is -4.68. The van der Waals surface area contributed by atoms with Crippen LogP contribution in [0.25, 0.3) is 10.2 Å². The maximum atomic E-state index is 12.6. The summed E-state index contributed by atoms with van der Waals surface area (Å²) in [5, 5.41) is 0. The molecule has 4 nitrogen and oxygen atoms in total. The molecule has 0 N–H and O–H groups in total. The van der Waals surface area contributed by atoms with Crippen molar-refractivity contribution in [2.45, 2.75) is 12.9 Å². The van der Waals surface area contributed by atoms with Gasteiger partial charge in [-0.2, -0.15) is 0 Å². The second-order valence-corrected chi connectivity index (χ2v) is 7.28. The Morgan fingerprint density at radius 1 is 1.00 bits per heavy atom. The van der Waals surface area contributed by atoms with E-state index in [0.717, 1.165) is 42.1 Å². The van der Waals surface area contributed by atoms with Gasteiger partial charge in [-0.15, -0.1) is 24.5 Å². The van der Waals surface area contributed by atoms with Gasteiger partial charge in [-0.1, -0.05) is 24.3 Å². The Bertz CT molecular complexity index is 920. The largest absolute Gasteiger partial charge is 0.573 e. The summed E-state index contributed by atoms with van der Waals surface area (Å²) in [6.45, 7) is 3.57. The van der Waals surface area contributed by atoms with Gasteiger partial charge >= 0.3 is 6.36 Å². The fraction of sp³-hybridized carbons (Fsp3) is 0.316. The molecule has 0 amide bonds. The van der Waals surface area contributed by atoms with E-state index in [0.29, 0.717) is 12.1 Å². The number of hydrogen-bond acceptors (Lipinski definition) is 5. The minimum atomic E-state index is -4.68. The van der Waals surface area contributed by atoms with Crippen LogP contribution in [-0.4, -0.2) is 42.4 Å². The van der Waals surface area contributed by atoms with E-state index in [2.05, 4.69) is 31.7 Å². The zero-order valence-corrected chi connectivity index (χ0v) is 15.3. The van der Waals surface area contributed by atoms with Crippen LogP contribution in [0.3, 0.4) is 0 Å². The highest BCUT2D eigenvalue weighted by Gasteiger charge is 2.32. The molecule has 3 aromatic rings. The Morgan fingerprint density at radius 2 is 1.78 bits per heavy atom. The van der Waals surface area contributed by atoms with Crippen molar-refractivity contribution in [2.24, 2.45) is 0 Å². The average molecular weight is 393 g/mol. The van der Waals surface area contributed by atoms with E-state index in [1.54, 1.807) is 29.5 Å². The SMILES string of the molecule is FC(F)(F)Oc1ccccc1CN1CCN(c2cccc3scnc23)CC1. The molecule has 0 spiro atoms. The number of rotatable bonds is 4. The smallest absolute Gasteiger partial charge is 0.405 e. The molecule has 27 heavy (non-hydrogen) atoms. The molecule has 0 aliphatic carbocycles. The first kappa shape index (κ1) is 18.1. The summed E-state index contributed by atoms with van der Waals surface area (Å²) in [6, 6.07) is 12.5. The first-order valence-electron chi connectivity index (χ1n) is 8.63. The second kappa shape index (κ2) is 7.36. The third-order valence-corrected chi connectivity index (χ3v) is 5.44. The molecule has 4 rings (SSSR count). The van der Waals surface area contributed by atoms with Gasteiger partial charge in [0.25, 0.3) is 0 Å². The normalized spacial score (nSPS) is 16.0. The number of para-hydroxylation sites is 2. The lowest BCUT2D eigenvalue weighted by Gasteiger charge is -2.36. The molecular weight excluding hydrogens is 375 g/mol. The maximum Gasteiger partial charge on any atom is 0.573 e. The summed E-state index contributed by atoms with van der Waals surface area (Å²) < 4.78 is 43.1. The van der Waals surface area contributed by atoms with Crippen LogP contribution in [0.2, 0.25) is 0 Å². The van der Waals surface area contributed by atoms with Crippen LogP contribution in [0.5, 0.6) is 5.75 Å². The molecule has 0 radical (unpaired) electrons. The summed E-state index contributed by atoms with van der Waals surface area (Å²) in [4.78, 5) is 8.90. The van der Waals surface area contributed by atoms with Gasteiger partial charge in [0.15, 0.2) is 0 Å². The molecule has 0 atom stereocenters. The molecule has 2 aromatic carbocycles. The van der Waals surface area contributed by atoms with Crippen molar-refractivity contribution in [3.63, 3.8) is 0 Å². The number of hydrogen-bond donors (Lipinski definition) is 0. The van der Waals surface area contributed by atoms with Gasteiger partial charge in [0.2, 0.25) is 0 Å². The Labute approximate surface area is 158 Å². The van der Waals surface area contributed by atoms with Crippen LogP contribution in [0, 0.1) is 0 Å². The van der Waals surface area contributed by atoms with E-state index in [-0.39, 0.29) is 5.75 Å². The molecule has 1 aromatic heterocycles. The van der Waals surface area contributed by atoms with Crippen molar-refractivity contribution in [2.75, 3.05) is 31.1 Å². The molecule has 2 heterocycles. The number of halogens is 3. The highest BCUT2D eigenvalue weighted by molar-refractivity contribution is 7.16. The number of alkyl halides is 3. The highest BCUT2D eigenvalue weighted by atomic mass is 32.1. The van der Waals surface area contributed by atoms with Gasteiger partial charge in [-0.3, -0.25) is 4.90 Å². The molecule has 1 aliphatic rings. The van der Waals surface area contributed by atoms with Crippen molar-refractivity contribution in [1.29, 1.82) is 0 Å². The molecule has 0 saturated carbocycles. The molecule has 142 valence electrons. The maximum absolute atomic E-state index is 12.6. The highest BCUT2D eigenvalue weighted by Crippen LogP contribution is 2.30. The number of benzene rings is 2. The molecule has 1 saturated heterocycles. The summed E-state index contributed by atoms with van der Waals surface area (Å²) in [5.74, 6) is -0.125. The summed E-state index contributed by atoms with van der Waals surface area (Å²) in [5.41, 5.74) is 4.53. The van der Waals surface area contributed by atoms with E-state index >= 15 is 0 Å². The first-order valence-corrected chi connectivity index (χ1v) is 9.51. The monoisotopic (exact) mass is 393 g/mol. The molecule has 8 heteroatoms. The minimum Gasteiger partial charge on any atom is -0.405 e. The third kappa shape index (κ3) is 4.17. The van der Waals surface area contributed by atoms with Crippen molar-refractivity contribution in [3.05, 3.63) is 53.5 Å². The van der Waals surface area contributed by atoms with Crippen molar-refractivity contribution in [3.8, 4) is 5.75 Å². The molecule has 1 aliphatic heterocycles. The molecular formula is C19H18F3N3OS. The van der Waals surface area contributed by atoms with Gasteiger partial charge < -0.3 is 9.64 Å². The van der Waals surface area contributed by atoms with Crippen molar-refractivity contribution >= 4 is 27.2 Å². The van der Waals surface area contributed by atoms with Gasteiger partial charge in [0.1, 0.15) is 11.3 Å². The van der Waals surface area contributed by atoms with E-state index in [9.17, 15) is 13.2 Å². The third-order valence-electron chi connectivity index (χ3n) is 4.64. The summed E-state index contributed by atoms with van der Waals surface area (Å²) in [7, 11) is 0. The average Bonchev–Trinajstić information content (AvgIpc) is 3.12. The van der Waals surface area contributed by atoms with E-state index in [1.807, 2.05) is 11.6 Å². The van der Waals surface area contributed by atoms with Gasteiger partial charge in [-0.05, 0) is 18.2 Å². The van der Waals surface area contributed by atoms with E-state index < -0.39 is 6.36 Å². The molecule has 1 fully saturated rings. The van der Waals surface area contributed by atoms with Crippen LogP contribution < -0.4 is 9.64 Å². The predicted molar refractivity (Wildman–Crippen MR) is 100 cm³/mol. The quantitative estimate of drug-likeness (QED) is 0.652. The molecule has 0 unspecified atom stereocenters. The Morgan fingerprint density at radius 3 is 2.56 bits per heavy atom. The zero-order valence-electron chi connectivity index (χ0n) is 14.4. The Hall–Kier alpha value is -2.32. The number of aromatic nitrogens is 1. The van der Waals surface area contributed by atoms with Crippen LogP contribution >= 0.6 is 11.3 Å². The first-order chi connectivity index (χ1) is 13.0. The number of fused-ring (bicyclic) bond motifs is 1. The van der Waals surface area contributed by atoms with E-state index in [4.69, 9.17) is 0 Å². The van der Waals surface area contributed by atoms with Crippen LogP contribution in [-0.2, 0) is 6.54 Å². The topological polar surface area (TPSA) is 28.6 Å². The van der Waals surface area contributed by atoms with Crippen molar-refractivity contribution in [1.82, 2.24) is 9.88 Å². The Balaban J connectivity index is 1.43. The minimum absolute atomic E-state index is 0.125. The number of anilines is 1. The lowest BCUT2D eigenvalue weighted by molar-refractivity contribution is -0.275.